The number of hydrogen-bond donors (Lipinski definition) is 0. The Bertz CT molecular complexity index is 3620. The smallest absolute Gasteiger partial charge is 0.145 e. The van der Waals surface area contributed by atoms with Crippen LogP contribution in [0.25, 0.3) is 94.5 Å². The molecule has 0 aliphatic heterocycles. The fourth-order valence-corrected chi connectivity index (χ4v) is 7.67. The highest BCUT2D eigenvalue weighted by Gasteiger charge is 2.23. The first-order valence-electron chi connectivity index (χ1n) is 23.4. The maximum Gasteiger partial charge on any atom is 0.145 e. The van der Waals surface area contributed by atoms with E-state index in [-0.39, 0.29) is 11.1 Å². The molecular formula is C54H35N3. The van der Waals surface area contributed by atoms with E-state index in [4.69, 9.17) is 18.7 Å². The first kappa shape index (κ1) is 24.6. The van der Waals surface area contributed by atoms with E-state index in [0.29, 0.717) is 49.6 Å². The van der Waals surface area contributed by atoms with E-state index < -0.39 is 60.4 Å². The Balaban J connectivity index is 1.23. The van der Waals surface area contributed by atoms with Gasteiger partial charge in [-0.05, 0) is 85.3 Å². The zero-order valence-corrected chi connectivity index (χ0v) is 30.3. The quantitative estimate of drug-likeness (QED) is 0.153. The summed E-state index contributed by atoms with van der Waals surface area (Å²) in [4.78, 5) is 5.32. The summed E-state index contributed by atoms with van der Waals surface area (Å²) in [6, 6.07) is 45.4. The molecule has 0 N–H and O–H groups in total. The Hall–Kier alpha value is -7.80. The van der Waals surface area contributed by atoms with Gasteiger partial charge in [-0.3, -0.25) is 4.57 Å². The molecule has 0 aliphatic carbocycles. The zero-order chi connectivity index (χ0) is 46.8. The summed E-state index contributed by atoms with van der Waals surface area (Å²) in [5, 5.41) is 11.5. The Morgan fingerprint density at radius 2 is 0.947 bits per heavy atom. The average Bonchev–Trinajstić information content (AvgIpc) is 3.78. The summed E-state index contributed by atoms with van der Waals surface area (Å²) in [6.45, 7) is 0. The lowest BCUT2D eigenvalue weighted by molar-refractivity contribution is 1.07. The molecular weight excluding hydrogens is 691 g/mol. The standard InChI is InChI=1S/C54H35N3/c55-36-37-25-32-45(33-26-37)57-53(42-21-11-4-12-22-42)52(41-19-9-3-10-20-41)56-54(57)43-29-27-38(28-30-43)44-31-34-48-49(35-44)51(40-17-7-2-8-18-40)47-24-14-13-23-46(47)50(48)39-15-5-1-6-16-39/h1-35H/i1D,2D,5D,6D,7D,8D,15D,16D,17D,18D. The van der Waals surface area contributed by atoms with Crippen LogP contribution in [-0.4, -0.2) is 9.55 Å². The van der Waals surface area contributed by atoms with Crippen molar-refractivity contribution in [2.75, 3.05) is 0 Å². The largest absolute Gasteiger partial charge is 0.292 e. The molecule has 266 valence electrons. The summed E-state index contributed by atoms with van der Waals surface area (Å²) in [7, 11) is 0. The van der Waals surface area contributed by atoms with Crippen LogP contribution in [0.4, 0.5) is 0 Å². The van der Waals surface area contributed by atoms with E-state index in [2.05, 4.69) is 10.6 Å². The van der Waals surface area contributed by atoms with Crippen LogP contribution in [0.15, 0.2) is 212 Å². The highest BCUT2D eigenvalue weighted by Crippen LogP contribution is 2.45. The number of imidazole rings is 1. The molecule has 0 saturated carbocycles. The molecule has 3 heteroatoms. The number of nitriles is 1. The van der Waals surface area contributed by atoms with Crippen molar-refractivity contribution in [2.45, 2.75) is 0 Å². The minimum Gasteiger partial charge on any atom is -0.292 e. The monoisotopic (exact) mass is 735 g/mol. The van der Waals surface area contributed by atoms with Gasteiger partial charge < -0.3 is 0 Å². The summed E-state index contributed by atoms with van der Waals surface area (Å²) in [6.07, 6.45) is 0. The number of rotatable bonds is 7. The second-order valence-electron chi connectivity index (χ2n) is 13.5. The number of hydrogen-bond acceptors (Lipinski definition) is 2. The summed E-state index contributed by atoms with van der Waals surface area (Å²) >= 11 is 0. The minimum atomic E-state index is -0.532. The normalized spacial score (nSPS) is 13.6. The molecule has 0 spiro atoms. The number of aromatic nitrogens is 2. The molecule has 0 atom stereocenters. The van der Waals surface area contributed by atoms with Crippen molar-refractivity contribution in [2.24, 2.45) is 0 Å². The summed E-state index contributed by atoms with van der Waals surface area (Å²) in [5.74, 6) is 0.658. The highest BCUT2D eigenvalue weighted by molar-refractivity contribution is 6.22. The topological polar surface area (TPSA) is 41.6 Å². The molecule has 1 heterocycles. The lowest BCUT2D eigenvalue weighted by atomic mass is 9.85. The van der Waals surface area contributed by atoms with Crippen LogP contribution in [0.2, 0.25) is 0 Å². The third kappa shape index (κ3) is 6.07. The van der Waals surface area contributed by atoms with E-state index in [1.807, 2.05) is 109 Å². The van der Waals surface area contributed by atoms with E-state index >= 15 is 0 Å². The molecule has 9 aromatic carbocycles. The number of fused-ring (bicyclic) bond motifs is 2. The van der Waals surface area contributed by atoms with E-state index in [0.717, 1.165) is 39.3 Å². The van der Waals surface area contributed by atoms with Crippen LogP contribution in [0.5, 0.6) is 0 Å². The SMILES string of the molecule is [2H]c1c([2H])c([2H])c(-c2c3ccccc3c(-c3c([2H])c([2H])c([2H])c([2H])c3[2H])c3cc(-c4ccc(-c5nc(-c6ccccc6)c(-c6ccccc6)n5-c5ccc(C#N)cc5)cc4)ccc23)c([2H])c1[2H]. The predicted octanol–water partition coefficient (Wildman–Crippen LogP) is 14.1. The van der Waals surface area contributed by atoms with Crippen molar-refractivity contribution in [1.82, 2.24) is 9.55 Å². The number of benzene rings is 9. The molecule has 0 unspecified atom stereocenters. The highest BCUT2D eigenvalue weighted by atomic mass is 15.1. The van der Waals surface area contributed by atoms with Gasteiger partial charge in [-0.25, -0.2) is 4.98 Å². The average molecular weight is 736 g/mol. The van der Waals surface area contributed by atoms with Gasteiger partial charge >= 0.3 is 0 Å². The molecule has 3 nitrogen and oxygen atoms in total. The van der Waals surface area contributed by atoms with Gasteiger partial charge in [0.1, 0.15) is 5.82 Å². The lowest BCUT2D eigenvalue weighted by Gasteiger charge is -2.19. The van der Waals surface area contributed by atoms with Crippen molar-refractivity contribution < 1.29 is 13.7 Å². The van der Waals surface area contributed by atoms with Crippen LogP contribution < -0.4 is 0 Å². The molecule has 10 rings (SSSR count). The third-order valence-electron chi connectivity index (χ3n) is 10.2. The first-order chi connectivity index (χ1) is 32.4. The van der Waals surface area contributed by atoms with Gasteiger partial charge in [0, 0.05) is 22.4 Å². The molecule has 0 radical (unpaired) electrons. The van der Waals surface area contributed by atoms with Crippen molar-refractivity contribution in [3.8, 4) is 79.0 Å². The molecule has 10 aromatic rings. The van der Waals surface area contributed by atoms with Crippen LogP contribution in [0, 0.1) is 11.3 Å². The van der Waals surface area contributed by atoms with Crippen LogP contribution in [0.3, 0.4) is 0 Å². The third-order valence-corrected chi connectivity index (χ3v) is 10.2. The van der Waals surface area contributed by atoms with Crippen molar-refractivity contribution in [3.05, 3.63) is 218 Å². The van der Waals surface area contributed by atoms with Crippen LogP contribution in [-0.2, 0) is 0 Å². The Kier molecular flexibility index (Phi) is 6.23. The van der Waals surface area contributed by atoms with Gasteiger partial charge in [0.25, 0.3) is 0 Å². The van der Waals surface area contributed by atoms with E-state index in [1.165, 1.54) is 0 Å². The van der Waals surface area contributed by atoms with Crippen LogP contribution >= 0.6 is 0 Å². The van der Waals surface area contributed by atoms with Gasteiger partial charge in [-0.1, -0.05) is 182 Å². The molecule has 0 amide bonds. The second kappa shape index (κ2) is 14.5. The Morgan fingerprint density at radius 1 is 0.439 bits per heavy atom. The van der Waals surface area contributed by atoms with Gasteiger partial charge in [0.05, 0.1) is 36.7 Å². The zero-order valence-electron chi connectivity index (χ0n) is 40.3. The summed E-state index contributed by atoms with van der Waals surface area (Å²) in [5.41, 5.74) is 7.80. The van der Waals surface area contributed by atoms with Gasteiger partial charge in [-0.15, -0.1) is 0 Å². The maximum absolute atomic E-state index is 9.65. The predicted molar refractivity (Wildman–Crippen MR) is 236 cm³/mol. The van der Waals surface area contributed by atoms with Crippen molar-refractivity contribution in [1.29, 1.82) is 5.26 Å². The van der Waals surface area contributed by atoms with Gasteiger partial charge in [-0.2, -0.15) is 5.26 Å². The second-order valence-corrected chi connectivity index (χ2v) is 13.5. The maximum atomic E-state index is 9.65. The Labute approximate surface area is 346 Å². The minimum absolute atomic E-state index is 0.0144. The summed E-state index contributed by atoms with van der Waals surface area (Å²) < 4.78 is 89.5. The van der Waals surface area contributed by atoms with E-state index in [9.17, 15) is 5.26 Å². The van der Waals surface area contributed by atoms with Crippen molar-refractivity contribution >= 4 is 21.5 Å². The molecule has 57 heavy (non-hydrogen) atoms. The van der Waals surface area contributed by atoms with Crippen LogP contribution in [0.1, 0.15) is 19.3 Å². The first-order valence-corrected chi connectivity index (χ1v) is 18.4. The fourth-order valence-electron chi connectivity index (χ4n) is 7.67. The fraction of sp³-hybridized carbons (Fsp3) is 0. The molecule has 1 aromatic heterocycles. The molecule has 0 saturated heterocycles. The van der Waals surface area contributed by atoms with E-state index in [1.54, 1.807) is 42.5 Å². The van der Waals surface area contributed by atoms with Gasteiger partial charge in [0.2, 0.25) is 0 Å². The molecule has 0 aliphatic rings. The lowest BCUT2D eigenvalue weighted by Crippen LogP contribution is -2.00. The Morgan fingerprint density at radius 3 is 1.54 bits per heavy atom. The number of nitrogens with zero attached hydrogens (tertiary/aromatic N) is 3. The van der Waals surface area contributed by atoms with Gasteiger partial charge in [0.15, 0.2) is 0 Å². The van der Waals surface area contributed by atoms with Crippen molar-refractivity contribution in [3.63, 3.8) is 0 Å². The molecule has 0 fully saturated rings. The molecule has 0 bridgehead atoms.